The van der Waals surface area contributed by atoms with Crippen LogP contribution in [-0.2, 0) is 0 Å². The third kappa shape index (κ3) is 4.59. The lowest BCUT2D eigenvalue weighted by Crippen LogP contribution is -2.08. The summed E-state index contributed by atoms with van der Waals surface area (Å²) in [5.41, 5.74) is 5.63. The fourth-order valence-electron chi connectivity index (χ4n) is 4.18. The van der Waals surface area contributed by atoms with E-state index in [2.05, 4.69) is 32.4 Å². The minimum atomic E-state index is -0.262. The molecule has 176 valence electrons. The monoisotopic (exact) mass is 461 g/mol. The predicted octanol–water partition coefficient (Wildman–Crippen LogP) is 5.11. The van der Waals surface area contributed by atoms with Gasteiger partial charge in [-0.15, -0.1) is 0 Å². The number of aryl methyl sites for hydroxylation is 1. The van der Waals surface area contributed by atoms with Crippen LogP contribution >= 0.6 is 0 Å². The van der Waals surface area contributed by atoms with E-state index in [0.29, 0.717) is 28.3 Å². The summed E-state index contributed by atoms with van der Waals surface area (Å²) in [5.74, 6) is 0.123. The van der Waals surface area contributed by atoms with Crippen molar-refractivity contribution in [3.8, 4) is 28.3 Å². The van der Waals surface area contributed by atoms with Gasteiger partial charge in [-0.3, -0.25) is 5.10 Å². The minimum absolute atomic E-state index is 0.120. The van der Waals surface area contributed by atoms with E-state index >= 15 is 0 Å². The van der Waals surface area contributed by atoms with Crippen molar-refractivity contribution in [1.82, 2.24) is 20.2 Å². The van der Waals surface area contributed by atoms with Gasteiger partial charge in [0.1, 0.15) is 12.4 Å². The molecule has 0 atom stereocenters. The van der Waals surface area contributed by atoms with Gasteiger partial charge >= 0.3 is 0 Å². The van der Waals surface area contributed by atoms with Crippen LogP contribution in [0.15, 0.2) is 42.7 Å². The second-order valence-corrected chi connectivity index (χ2v) is 9.28. The summed E-state index contributed by atoms with van der Waals surface area (Å²) in [7, 11) is 0. The maximum atomic E-state index is 14.8. The van der Waals surface area contributed by atoms with Gasteiger partial charge in [-0.2, -0.15) is 5.10 Å². The van der Waals surface area contributed by atoms with Gasteiger partial charge in [0, 0.05) is 29.8 Å². The molecule has 7 nitrogen and oxygen atoms in total. The fraction of sp³-hybridized carbons (Fsp3) is 0.346. The van der Waals surface area contributed by atoms with Gasteiger partial charge in [-0.25, -0.2) is 14.4 Å². The molecule has 0 radical (unpaired) electrons. The molecule has 0 bridgehead atoms. The standard InChI is InChI=1S/C26H28FN5O2/c1-16-11-21(27)23(28-8-6-26(2)4-5-26)14-19(16)17-12-22(31-24(13-17)34-10-9-33)18-3-7-29-25-20(18)15-30-32-25/h3,7,11-15,28,33H,4-6,8-10H2,1-2H3,(H,29,30,32). The maximum Gasteiger partial charge on any atom is 0.214 e. The van der Waals surface area contributed by atoms with Crippen molar-refractivity contribution >= 4 is 16.7 Å². The van der Waals surface area contributed by atoms with E-state index in [0.717, 1.165) is 40.6 Å². The van der Waals surface area contributed by atoms with Crippen LogP contribution in [0.4, 0.5) is 10.1 Å². The zero-order valence-electron chi connectivity index (χ0n) is 19.4. The molecular formula is C26H28FN5O2. The molecule has 3 heterocycles. The van der Waals surface area contributed by atoms with Crippen LogP contribution in [0.2, 0.25) is 0 Å². The van der Waals surface area contributed by atoms with Crippen molar-refractivity contribution in [3.05, 3.63) is 54.1 Å². The van der Waals surface area contributed by atoms with E-state index in [1.807, 2.05) is 31.2 Å². The smallest absolute Gasteiger partial charge is 0.214 e. The Bertz CT molecular complexity index is 1330. The second kappa shape index (κ2) is 9.02. The van der Waals surface area contributed by atoms with Crippen LogP contribution in [0.3, 0.4) is 0 Å². The minimum Gasteiger partial charge on any atom is -0.475 e. The number of nitrogens with one attached hydrogen (secondary N) is 2. The first kappa shape index (κ1) is 22.3. The van der Waals surface area contributed by atoms with E-state index in [4.69, 9.17) is 4.74 Å². The lowest BCUT2D eigenvalue weighted by molar-refractivity contribution is 0.197. The summed E-state index contributed by atoms with van der Waals surface area (Å²) in [4.78, 5) is 8.96. The summed E-state index contributed by atoms with van der Waals surface area (Å²) < 4.78 is 20.5. The molecule has 0 aliphatic heterocycles. The highest BCUT2D eigenvalue weighted by atomic mass is 19.1. The first-order valence-electron chi connectivity index (χ1n) is 11.5. The number of nitrogens with zero attached hydrogens (tertiary/aromatic N) is 3. The average molecular weight is 462 g/mol. The molecule has 0 saturated heterocycles. The normalized spacial score (nSPS) is 14.4. The number of hydrogen-bond donors (Lipinski definition) is 3. The fourth-order valence-corrected chi connectivity index (χ4v) is 4.18. The summed E-state index contributed by atoms with van der Waals surface area (Å²) in [5, 5.41) is 20.3. The number of H-pyrrole nitrogens is 1. The maximum absolute atomic E-state index is 14.8. The Morgan fingerprint density at radius 2 is 2.06 bits per heavy atom. The molecule has 1 saturated carbocycles. The largest absolute Gasteiger partial charge is 0.475 e. The SMILES string of the molecule is Cc1cc(F)c(NCCC2(C)CC2)cc1-c1cc(OCCO)nc(-c2ccnc3[nH]ncc23)c1. The Kier molecular flexibility index (Phi) is 5.91. The van der Waals surface area contributed by atoms with Gasteiger partial charge in [0.25, 0.3) is 0 Å². The second-order valence-electron chi connectivity index (χ2n) is 9.28. The average Bonchev–Trinajstić information content (AvgIpc) is 3.36. The molecule has 0 amide bonds. The number of pyridine rings is 2. The Morgan fingerprint density at radius 1 is 1.21 bits per heavy atom. The zero-order valence-corrected chi connectivity index (χ0v) is 19.4. The molecule has 1 aliphatic rings. The van der Waals surface area contributed by atoms with Crippen molar-refractivity contribution in [1.29, 1.82) is 0 Å². The van der Waals surface area contributed by atoms with Gasteiger partial charge < -0.3 is 15.2 Å². The number of aliphatic hydroxyl groups is 1. The Morgan fingerprint density at radius 3 is 2.85 bits per heavy atom. The number of ether oxygens (including phenoxy) is 1. The lowest BCUT2D eigenvalue weighted by Gasteiger charge is -2.16. The highest BCUT2D eigenvalue weighted by molar-refractivity contribution is 5.92. The van der Waals surface area contributed by atoms with Crippen molar-refractivity contribution in [2.24, 2.45) is 5.41 Å². The molecule has 8 heteroatoms. The molecular weight excluding hydrogens is 433 g/mol. The summed E-state index contributed by atoms with van der Waals surface area (Å²) in [6, 6.07) is 9.08. The molecule has 4 aromatic rings. The highest BCUT2D eigenvalue weighted by Crippen LogP contribution is 2.48. The van der Waals surface area contributed by atoms with Crippen LogP contribution in [0.5, 0.6) is 5.88 Å². The van der Waals surface area contributed by atoms with Gasteiger partial charge in [0.15, 0.2) is 5.65 Å². The molecule has 3 N–H and O–H groups in total. The number of anilines is 1. The van der Waals surface area contributed by atoms with Crippen LogP contribution in [0.1, 0.15) is 31.7 Å². The quantitative estimate of drug-likeness (QED) is 0.321. The third-order valence-electron chi connectivity index (χ3n) is 6.55. The summed E-state index contributed by atoms with van der Waals surface area (Å²) in [6.45, 7) is 4.90. The molecule has 34 heavy (non-hydrogen) atoms. The van der Waals surface area contributed by atoms with Gasteiger partial charge in [0.2, 0.25) is 5.88 Å². The van der Waals surface area contributed by atoms with E-state index < -0.39 is 0 Å². The van der Waals surface area contributed by atoms with Crippen LogP contribution < -0.4 is 10.1 Å². The van der Waals surface area contributed by atoms with E-state index in [1.54, 1.807) is 18.5 Å². The predicted molar refractivity (Wildman–Crippen MR) is 130 cm³/mol. The highest BCUT2D eigenvalue weighted by Gasteiger charge is 2.36. The first-order chi connectivity index (χ1) is 16.5. The van der Waals surface area contributed by atoms with Crippen molar-refractivity contribution in [2.75, 3.05) is 25.1 Å². The van der Waals surface area contributed by atoms with Crippen molar-refractivity contribution in [3.63, 3.8) is 0 Å². The molecule has 1 fully saturated rings. The molecule has 5 rings (SSSR count). The zero-order chi connectivity index (χ0) is 23.7. The third-order valence-corrected chi connectivity index (χ3v) is 6.55. The van der Waals surface area contributed by atoms with E-state index in [9.17, 15) is 9.50 Å². The molecule has 0 unspecified atom stereocenters. The first-order valence-corrected chi connectivity index (χ1v) is 11.5. The number of rotatable bonds is 9. The molecule has 0 spiro atoms. The number of aliphatic hydroxyl groups excluding tert-OH is 1. The Hall–Kier alpha value is -3.52. The summed E-state index contributed by atoms with van der Waals surface area (Å²) in [6.07, 6.45) is 6.92. The number of hydrogen-bond acceptors (Lipinski definition) is 6. The van der Waals surface area contributed by atoms with Crippen LogP contribution in [0, 0.1) is 18.2 Å². The number of benzene rings is 1. The van der Waals surface area contributed by atoms with Crippen molar-refractivity contribution in [2.45, 2.75) is 33.1 Å². The van der Waals surface area contributed by atoms with E-state index in [-0.39, 0.29) is 19.0 Å². The number of fused-ring (bicyclic) bond motifs is 1. The van der Waals surface area contributed by atoms with Gasteiger partial charge in [0.05, 0.1) is 24.2 Å². The summed E-state index contributed by atoms with van der Waals surface area (Å²) >= 11 is 0. The Balaban J connectivity index is 1.55. The number of halogens is 1. The molecule has 1 aromatic carbocycles. The van der Waals surface area contributed by atoms with Crippen LogP contribution in [-0.4, -0.2) is 45.0 Å². The Labute approximate surface area is 197 Å². The number of aromatic amines is 1. The van der Waals surface area contributed by atoms with E-state index in [1.165, 1.54) is 12.8 Å². The number of aromatic nitrogens is 4. The molecule has 1 aliphatic carbocycles. The molecule has 3 aromatic heterocycles. The van der Waals surface area contributed by atoms with Crippen LogP contribution in [0.25, 0.3) is 33.4 Å². The van der Waals surface area contributed by atoms with Gasteiger partial charge in [-0.1, -0.05) is 6.92 Å². The lowest BCUT2D eigenvalue weighted by atomic mass is 9.97. The van der Waals surface area contributed by atoms with Crippen molar-refractivity contribution < 1.29 is 14.2 Å². The topological polar surface area (TPSA) is 96.0 Å². The van der Waals surface area contributed by atoms with Gasteiger partial charge in [-0.05, 0) is 72.6 Å².